The lowest BCUT2D eigenvalue weighted by molar-refractivity contribution is -0.0500. The van der Waals surface area contributed by atoms with Crippen LogP contribution in [-0.4, -0.2) is 13.9 Å². The molecule has 8 heteroatoms. The molecule has 1 aromatic rings. The van der Waals surface area contributed by atoms with Crippen LogP contribution in [-0.2, 0) is 15.5 Å². The van der Waals surface area contributed by atoms with Crippen LogP contribution in [0.4, 0.5) is 17.6 Å². The average Bonchev–Trinajstić information content (AvgIpc) is 2.17. The highest BCUT2D eigenvalue weighted by atomic mass is 32.2. The van der Waals surface area contributed by atoms with Crippen molar-refractivity contribution in [2.24, 2.45) is 0 Å². The first kappa shape index (κ1) is 15.7. The zero-order valence-corrected chi connectivity index (χ0v) is 11.2. The highest BCUT2D eigenvalue weighted by Crippen LogP contribution is 2.32. The molecular formula is C11H12F4O3S. The Balaban J connectivity index is 3.23. The van der Waals surface area contributed by atoms with E-state index in [1.54, 1.807) is 20.8 Å². The summed E-state index contributed by atoms with van der Waals surface area (Å²) in [5, 5.41) is 0. The van der Waals surface area contributed by atoms with Gasteiger partial charge in [0.1, 0.15) is 0 Å². The predicted molar refractivity (Wildman–Crippen MR) is 60.7 cm³/mol. The number of benzene rings is 1. The number of halogens is 4. The summed E-state index contributed by atoms with van der Waals surface area (Å²) in [5.41, 5.74) is -5.65. The molecule has 0 unspecified atom stereocenters. The van der Waals surface area contributed by atoms with Gasteiger partial charge in [0.05, 0.1) is 0 Å². The fourth-order valence-electron chi connectivity index (χ4n) is 1.20. The molecular weight excluding hydrogens is 288 g/mol. The molecule has 108 valence electrons. The lowest BCUT2D eigenvalue weighted by atomic mass is 9.87. The highest BCUT2D eigenvalue weighted by molar-refractivity contribution is 7.88. The van der Waals surface area contributed by atoms with Gasteiger partial charge in [0.25, 0.3) is 0 Å². The second-order valence-electron chi connectivity index (χ2n) is 4.88. The van der Waals surface area contributed by atoms with Gasteiger partial charge >= 0.3 is 15.6 Å². The molecule has 3 nitrogen and oxygen atoms in total. The van der Waals surface area contributed by atoms with E-state index in [-0.39, 0.29) is 0 Å². The van der Waals surface area contributed by atoms with Crippen LogP contribution in [0, 0.1) is 5.82 Å². The quantitative estimate of drug-likeness (QED) is 0.478. The Morgan fingerprint density at radius 3 is 2.05 bits per heavy atom. The summed E-state index contributed by atoms with van der Waals surface area (Å²) >= 11 is 0. The highest BCUT2D eigenvalue weighted by Gasteiger charge is 2.49. The van der Waals surface area contributed by atoms with Crippen molar-refractivity contribution in [2.45, 2.75) is 31.7 Å². The zero-order valence-electron chi connectivity index (χ0n) is 10.4. The summed E-state index contributed by atoms with van der Waals surface area (Å²) < 4.78 is 75.2. The van der Waals surface area contributed by atoms with Gasteiger partial charge in [0.2, 0.25) is 0 Å². The summed E-state index contributed by atoms with van der Waals surface area (Å²) in [6.07, 6.45) is 0. The van der Waals surface area contributed by atoms with E-state index in [9.17, 15) is 26.0 Å². The van der Waals surface area contributed by atoms with Crippen molar-refractivity contribution in [3.05, 3.63) is 29.6 Å². The summed E-state index contributed by atoms with van der Waals surface area (Å²) in [7, 11) is -5.88. The Hall–Kier alpha value is -1.31. The van der Waals surface area contributed by atoms with E-state index in [0.29, 0.717) is 5.56 Å². The predicted octanol–water partition coefficient (Wildman–Crippen LogP) is 3.35. The van der Waals surface area contributed by atoms with E-state index >= 15 is 0 Å². The first-order valence-electron chi connectivity index (χ1n) is 5.15. The molecule has 0 aliphatic carbocycles. The summed E-state index contributed by atoms with van der Waals surface area (Å²) in [6, 6.07) is 3.16. The van der Waals surface area contributed by atoms with E-state index in [4.69, 9.17) is 0 Å². The smallest absolute Gasteiger partial charge is 0.373 e. The van der Waals surface area contributed by atoms with Crippen molar-refractivity contribution >= 4 is 10.1 Å². The van der Waals surface area contributed by atoms with E-state index < -0.39 is 32.6 Å². The number of rotatable bonds is 2. The fraction of sp³-hybridized carbons (Fsp3) is 0.455. The van der Waals surface area contributed by atoms with E-state index in [1.807, 2.05) is 0 Å². The van der Waals surface area contributed by atoms with Crippen molar-refractivity contribution in [3.63, 3.8) is 0 Å². The number of hydrogen-bond acceptors (Lipinski definition) is 3. The van der Waals surface area contributed by atoms with Crippen LogP contribution in [0.25, 0.3) is 0 Å². The fourth-order valence-corrected chi connectivity index (χ4v) is 1.66. The minimum absolute atomic E-state index is 0.446. The van der Waals surface area contributed by atoms with Gasteiger partial charge < -0.3 is 4.18 Å². The molecule has 1 rings (SSSR count). The molecule has 0 fully saturated rings. The van der Waals surface area contributed by atoms with Crippen LogP contribution in [0.3, 0.4) is 0 Å². The van der Waals surface area contributed by atoms with Crippen molar-refractivity contribution in [1.82, 2.24) is 0 Å². The normalized spacial score (nSPS) is 13.4. The van der Waals surface area contributed by atoms with Gasteiger partial charge in [-0.3, -0.25) is 0 Å². The summed E-state index contributed by atoms with van der Waals surface area (Å²) in [5.74, 6) is -2.15. The maximum Gasteiger partial charge on any atom is 0.534 e. The molecule has 0 aliphatic rings. The second-order valence-corrected chi connectivity index (χ2v) is 6.42. The van der Waals surface area contributed by atoms with Crippen LogP contribution < -0.4 is 4.18 Å². The lowest BCUT2D eigenvalue weighted by Gasteiger charge is -2.20. The van der Waals surface area contributed by atoms with E-state index in [0.717, 1.165) is 12.1 Å². The molecule has 0 aromatic heterocycles. The topological polar surface area (TPSA) is 43.4 Å². The number of hydrogen-bond donors (Lipinski definition) is 0. The van der Waals surface area contributed by atoms with Gasteiger partial charge in [-0.15, -0.1) is 0 Å². The molecule has 0 N–H and O–H groups in total. The van der Waals surface area contributed by atoms with E-state index in [2.05, 4.69) is 4.18 Å². The Morgan fingerprint density at radius 2 is 1.63 bits per heavy atom. The second kappa shape index (κ2) is 4.66. The Kier molecular flexibility index (Phi) is 3.86. The molecule has 0 spiro atoms. The average molecular weight is 300 g/mol. The molecule has 19 heavy (non-hydrogen) atoms. The maximum atomic E-state index is 13.3. The largest absolute Gasteiger partial charge is 0.534 e. The summed E-state index contributed by atoms with van der Waals surface area (Å²) in [6.45, 7) is 5.22. The van der Waals surface area contributed by atoms with Gasteiger partial charge in [0.15, 0.2) is 11.6 Å². The SMILES string of the molecule is CC(C)(C)c1ccc(F)c(OS(=O)(=O)C(F)(F)F)c1. The van der Waals surface area contributed by atoms with Crippen molar-refractivity contribution < 1.29 is 30.2 Å². The molecule has 0 heterocycles. The third kappa shape index (κ3) is 3.59. The third-order valence-corrected chi connectivity index (χ3v) is 3.25. The van der Waals surface area contributed by atoms with Gasteiger partial charge in [-0.2, -0.15) is 21.6 Å². The maximum absolute atomic E-state index is 13.3. The van der Waals surface area contributed by atoms with Crippen LogP contribution in [0.1, 0.15) is 26.3 Å². The molecule has 0 atom stereocenters. The Morgan fingerprint density at radius 1 is 1.11 bits per heavy atom. The molecule has 0 bridgehead atoms. The standard InChI is InChI=1S/C11H12F4O3S/c1-10(2,3)7-4-5-8(12)9(6-7)18-19(16,17)11(13,14)15/h4-6H,1-3H3. The minimum Gasteiger partial charge on any atom is -0.373 e. The van der Waals surface area contributed by atoms with Gasteiger partial charge in [-0.1, -0.05) is 26.8 Å². The lowest BCUT2D eigenvalue weighted by Crippen LogP contribution is -2.28. The van der Waals surface area contributed by atoms with Crippen LogP contribution >= 0.6 is 0 Å². The first-order chi connectivity index (χ1) is 8.34. The van der Waals surface area contributed by atoms with Gasteiger partial charge in [-0.25, -0.2) is 4.39 Å². The monoisotopic (exact) mass is 300 g/mol. The Labute approximate surface area is 108 Å². The molecule has 0 amide bonds. The summed E-state index contributed by atoms with van der Waals surface area (Å²) in [4.78, 5) is 0. The van der Waals surface area contributed by atoms with Gasteiger partial charge in [0, 0.05) is 0 Å². The molecule has 0 saturated heterocycles. The van der Waals surface area contributed by atoms with Crippen molar-refractivity contribution in [3.8, 4) is 5.75 Å². The molecule has 0 radical (unpaired) electrons. The van der Waals surface area contributed by atoms with Crippen LogP contribution in [0.15, 0.2) is 18.2 Å². The van der Waals surface area contributed by atoms with Crippen LogP contribution in [0.5, 0.6) is 5.75 Å². The first-order valence-corrected chi connectivity index (χ1v) is 6.56. The minimum atomic E-state index is -5.88. The van der Waals surface area contributed by atoms with Crippen molar-refractivity contribution in [1.29, 1.82) is 0 Å². The van der Waals surface area contributed by atoms with Crippen molar-refractivity contribution in [2.75, 3.05) is 0 Å². The van der Waals surface area contributed by atoms with E-state index in [1.165, 1.54) is 6.07 Å². The molecule has 0 aliphatic heterocycles. The molecule has 0 saturated carbocycles. The third-order valence-electron chi connectivity index (χ3n) is 2.28. The molecule has 1 aromatic carbocycles. The number of alkyl halides is 3. The van der Waals surface area contributed by atoms with Gasteiger partial charge in [-0.05, 0) is 23.1 Å². The van der Waals surface area contributed by atoms with Crippen LogP contribution in [0.2, 0.25) is 0 Å². The Bertz CT molecular complexity index is 571. The zero-order chi connectivity index (χ0) is 15.1.